The fraction of sp³-hybridized carbons (Fsp3) is 0.353. The first-order valence-corrected chi connectivity index (χ1v) is 8.04. The summed E-state index contributed by atoms with van der Waals surface area (Å²) in [7, 11) is 0. The molecule has 0 fully saturated rings. The molecular weight excluding hydrogens is 266 g/mol. The Bertz CT molecular complexity index is 582. The Labute approximate surface area is 124 Å². The minimum atomic E-state index is -0.322. The molecule has 2 nitrogen and oxygen atoms in total. The molecule has 0 saturated carbocycles. The molecule has 0 radical (unpaired) electrons. The van der Waals surface area contributed by atoms with Gasteiger partial charge in [-0.2, -0.15) is 0 Å². The first-order valence-electron chi connectivity index (χ1n) is 7.05. The molecule has 0 aliphatic heterocycles. The van der Waals surface area contributed by atoms with Crippen molar-refractivity contribution < 1.29 is 5.11 Å². The Balaban J connectivity index is 1.63. The average Bonchev–Trinajstić information content (AvgIpc) is 2.90. The van der Waals surface area contributed by atoms with Gasteiger partial charge in [0, 0.05) is 28.5 Å². The SMILES string of the molecule is Cc1ccc(SCC(O)C2CCc3cccnc32)cc1. The second kappa shape index (κ2) is 5.98. The van der Waals surface area contributed by atoms with Gasteiger partial charge >= 0.3 is 0 Å². The van der Waals surface area contributed by atoms with E-state index >= 15 is 0 Å². The van der Waals surface area contributed by atoms with Crippen molar-refractivity contribution in [3.63, 3.8) is 0 Å². The molecule has 1 aromatic heterocycles. The van der Waals surface area contributed by atoms with Crippen LogP contribution in [0.15, 0.2) is 47.5 Å². The molecule has 3 rings (SSSR count). The average molecular weight is 285 g/mol. The number of aryl methyl sites for hydroxylation is 2. The zero-order chi connectivity index (χ0) is 13.9. The van der Waals surface area contributed by atoms with Gasteiger partial charge in [-0.25, -0.2) is 0 Å². The van der Waals surface area contributed by atoms with Gasteiger partial charge in [0.05, 0.1) is 6.10 Å². The number of benzene rings is 1. The maximum atomic E-state index is 10.5. The molecule has 2 atom stereocenters. The standard InChI is InChI=1S/C17H19NOS/c1-12-4-7-14(8-5-12)20-11-16(19)15-9-6-13-3-2-10-18-17(13)15/h2-5,7-8,10,15-16,19H,6,9,11H2,1H3. The lowest BCUT2D eigenvalue weighted by atomic mass is 10.0. The minimum Gasteiger partial charge on any atom is -0.392 e. The zero-order valence-electron chi connectivity index (χ0n) is 11.6. The van der Waals surface area contributed by atoms with Crippen LogP contribution in [0.1, 0.15) is 29.2 Å². The van der Waals surface area contributed by atoms with Crippen LogP contribution < -0.4 is 0 Å². The van der Waals surface area contributed by atoms with E-state index in [0.29, 0.717) is 0 Å². The van der Waals surface area contributed by atoms with Gasteiger partial charge in [-0.3, -0.25) is 4.98 Å². The highest BCUT2D eigenvalue weighted by Gasteiger charge is 2.29. The zero-order valence-corrected chi connectivity index (χ0v) is 12.4. The molecule has 3 heteroatoms. The molecule has 2 unspecified atom stereocenters. The van der Waals surface area contributed by atoms with Gasteiger partial charge < -0.3 is 5.11 Å². The summed E-state index contributed by atoms with van der Waals surface area (Å²) in [6.07, 6.45) is 3.57. The van der Waals surface area contributed by atoms with Crippen molar-refractivity contribution in [2.24, 2.45) is 0 Å². The summed E-state index contributed by atoms with van der Waals surface area (Å²) in [5.74, 6) is 0.924. The summed E-state index contributed by atoms with van der Waals surface area (Å²) in [4.78, 5) is 5.68. The van der Waals surface area contributed by atoms with Gasteiger partial charge in [0.2, 0.25) is 0 Å². The highest BCUT2D eigenvalue weighted by atomic mass is 32.2. The highest BCUT2D eigenvalue weighted by molar-refractivity contribution is 7.99. The van der Waals surface area contributed by atoms with E-state index < -0.39 is 0 Å². The molecule has 1 aromatic carbocycles. The molecular formula is C17H19NOS. The Hall–Kier alpha value is -1.32. The number of aliphatic hydroxyl groups is 1. The molecule has 1 heterocycles. The van der Waals surface area contributed by atoms with Gasteiger partial charge in [-0.05, 0) is 43.5 Å². The quantitative estimate of drug-likeness (QED) is 0.872. The van der Waals surface area contributed by atoms with Crippen molar-refractivity contribution in [1.82, 2.24) is 4.98 Å². The molecule has 104 valence electrons. The third kappa shape index (κ3) is 2.89. The van der Waals surface area contributed by atoms with Crippen LogP contribution in [0.3, 0.4) is 0 Å². The van der Waals surface area contributed by atoms with E-state index in [4.69, 9.17) is 0 Å². The number of nitrogens with zero attached hydrogens (tertiary/aromatic N) is 1. The number of hydrogen-bond acceptors (Lipinski definition) is 3. The van der Waals surface area contributed by atoms with Crippen LogP contribution in [0.2, 0.25) is 0 Å². The highest BCUT2D eigenvalue weighted by Crippen LogP contribution is 2.35. The number of hydrogen-bond donors (Lipinski definition) is 1. The van der Waals surface area contributed by atoms with Crippen molar-refractivity contribution in [2.45, 2.75) is 36.7 Å². The van der Waals surface area contributed by atoms with E-state index in [1.807, 2.05) is 12.3 Å². The van der Waals surface area contributed by atoms with Crippen LogP contribution in [0.25, 0.3) is 0 Å². The fourth-order valence-corrected chi connectivity index (χ4v) is 3.67. The van der Waals surface area contributed by atoms with E-state index in [9.17, 15) is 5.11 Å². The van der Waals surface area contributed by atoms with Crippen molar-refractivity contribution in [1.29, 1.82) is 0 Å². The van der Waals surface area contributed by atoms with Crippen LogP contribution in [0.5, 0.6) is 0 Å². The minimum absolute atomic E-state index is 0.198. The van der Waals surface area contributed by atoms with Gasteiger partial charge in [0.25, 0.3) is 0 Å². The third-order valence-corrected chi connectivity index (χ3v) is 5.02. The number of aliphatic hydroxyl groups excluding tert-OH is 1. The number of fused-ring (bicyclic) bond motifs is 1. The lowest BCUT2D eigenvalue weighted by molar-refractivity contribution is 0.165. The van der Waals surface area contributed by atoms with E-state index in [1.54, 1.807) is 11.8 Å². The summed E-state index contributed by atoms with van der Waals surface area (Å²) in [6.45, 7) is 2.09. The van der Waals surface area contributed by atoms with Gasteiger partial charge in [-0.1, -0.05) is 23.8 Å². The van der Waals surface area contributed by atoms with Gasteiger partial charge in [0.1, 0.15) is 0 Å². The first kappa shape index (κ1) is 13.7. The molecule has 1 aliphatic rings. The number of thioether (sulfide) groups is 1. The molecule has 0 bridgehead atoms. The van der Waals surface area contributed by atoms with Crippen molar-refractivity contribution in [3.8, 4) is 0 Å². The summed E-state index contributed by atoms with van der Waals surface area (Å²) in [5, 5.41) is 10.5. The molecule has 20 heavy (non-hydrogen) atoms. The summed E-state index contributed by atoms with van der Waals surface area (Å²) in [5.41, 5.74) is 3.67. The smallest absolute Gasteiger partial charge is 0.0717 e. The third-order valence-electron chi connectivity index (χ3n) is 3.91. The lowest BCUT2D eigenvalue weighted by Crippen LogP contribution is -2.19. The second-order valence-electron chi connectivity index (χ2n) is 5.38. The van der Waals surface area contributed by atoms with Crippen molar-refractivity contribution in [2.75, 3.05) is 5.75 Å². The van der Waals surface area contributed by atoms with Crippen LogP contribution in [-0.2, 0) is 6.42 Å². The Kier molecular flexibility index (Phi) is 4.08. The first-order chi connectivity index (χ1) is 9.74. The molecule has 2 aromatic rings. The monoisotopic (exact) mass is 285 g/mol. The van der Waals surface area contributed by atoms with Crippen molar-refractivity contribution in [3.05, 3.63) is 59.4 Å². The molecule has 0 amide bonds. The summed E-state index contributed by atoms with van der Waals surface area (Å²) >= 11 is 1.72. The lowest BCUT2D eigenvalue weighted by Gasteiger charge is -2.18. The topological polar surface area (TPSA) is 33.1 Å². The summed E-state index contributed by atoms with van der Waals surface area (Å²) in [6, 6.07) is 12.6. The predicted molar refractivity (Wildman–Crippen MR) is 83.2 cm³/mol. The maximum Gasteiger partial charge on any atom is 0.0717 e. The predicted octanol–water partition coefficient (Wildman–Crippen LogP) is 3.57. The van der Waals surface area contributed by atoms with E-state index in [1.165, 1.54) is 16.0 Å². The fourth-order valence-electron chi connectivity index (χ4n) is 2.75. The van der Waals surface area contributed by atoms with Crippen LogP contribution >= 0.6 is 11.8 Å². The largest absolute Gasteiger partial charge is 0.392 e. The van der Waals surface area contributed by atoms with Gasteiger partial charge in [0.15, 0.2) is 0 Å². The molecule has 1 aliphatic carbocycles. The maximum absolute atomic E-state index is 10.5. The van der Waals surface area contributed by atoms with Crippen LogP contribution in [0.4, 0.5) is 0 Å². The Morgan fingerprint density at radius 1 is 1.30 bits per heavy atom. The Morgan fingerprint density at radius 2 is 2.10 bits per heavy atom. The molecule has 1 N–H and O–H groups in total. The number of pyridine rings is 1. The van der Waals surface area contributed by atoms with Crippen molar-refractivity contribution >= 4 is 11.8 Å². The van der Waals surface area contributed by atoms with Crippen LogP contribution in [0, 0.1) is 6.92 Å². The Morgan fingerprint density at radius 3 is 2.90 bits per heavy atom. The van der Waals surface area contributed by atoms with Gasteiger partial charge in [-0.15, -0.1) is 11.8 Å². The van der Waals surface area contributed by atoms with E-state index in [2.05, 4.69) is 42.2 Å². The number of rotatable bonds is 4. The van der Waals surface area contributed by atoms with Crippen LogP contribution in [-0.4, -0.2) is 21.9 Å². The van der Waals surface area contributed by atoms with E-state index in [0.717, 1.165) is 24.3 Å². The van der Waals surface area contributed by atoms with E-state index in [-0.39, 0.29) is 12.0 Å². The normalized spacial score (nSPS) is 18.8. The second-order valence-corrected chi connectivity index (χ2v) is 6.48. The molecule has 0 saturated heterocycles. The number of aromatic nitrogens is 1. The molecule has 0 spiro atoms. The summed E-state index contributed by atoms with van der Waals surface area (Å²) < 4.78 is 0.